The zero-order valence-corrected chi connectivity index (χ0v) is 15.4. The van der Waals surface area contributed by atoms with Crippen molar-refractivity contribution >= 4 is 41.0 Å². The van der Waals surface area contributed by atoms with Gasteiger partial charge in [-0.15, -0.1) is 23.5 Å². The van der Waals surface area contributed by atoms with Crippen molar-refractivity contribution in [2.24, 2.45) is 0 Å². The van der Waals surface area contributed by atoms with E-state index in [-0.39, 0.29) is 5.91 Å². The molecule has 0 radical (unpaired) electrons. The molecule has 24 heavy (non-hydrogen) atoms. The van der Waals surface area contributed by atoms with Gasteiger partial charge in [0.1, 0.15) is 12.4 Å². The molecular formula is C18H18ClNO2S2. The fourth-order valence-electron chi connectivity index (χ4n) is 2.31. The van der Waals surface area contributed by atoms with Crippen LogP contribution in [0.1, 0.15) is 20.5 Å². The Kier molecular flexibility index (Phi) is 6.35. The Balaban J connectivity index is 1.43. The summed E-state index contributed by atoms with van der Waals surface area (Å²) in [4.78, 5) is 12.1. The quantitative estimate of drug-likeness (QED) is 0.743. The minimum Gasteiger partial charge on any atom is -0.492 e. The Morgan fingerprint density at radius 3 is 2.42 bits per heavy atom. The Morgan fingerprint density at radius 1 is 1.08 bits per heavy atom. The van der Waals surface area contributed by atoms with Gasteiger partial charge in [0.05, 0.1) is 11.1 Å². The minimum atomic E-state index is -0.0759. The zero-order valence-electron chi connectivity index (χ0n) is 13.0. The maximum absolute atomic E-state index is 12.1. The van der Waals surface area contributed by atoms with Crippen molar-refractivity contribution in [2.75, 3.05) is 24.7 Å². The van der Waals surface area contributed by atoms with Crippen molar-refractivity contribution in [3.05, 3.63) is 64.7 Å². The van der Waals surface area contributed by atoms with E-state index in [1.54, 1.807) is 12.1 Å². The number of carbonyl (C=O) groups excluding carboxylic acids is 1. The summed E-state index contributed by atoms with van der Waals surface area (Å²) in [6.45, 7) is 0.873. The summed E-state index contributed by atoms with van der Waals surface area (Å²) in [6.07, 6.45) is 0. The maximum Gasteiger partial charge on any atom is 0.251 e. The number of nitrogens with one attached hydrogen (secondary N) is 1. The smallest absolute Gasteiger partial charge is 0.251 e. The molecule has 3 rings (SSSR count). The van der Waals surface area contributed by atoms with Gasteiger partial charge in [0.25, 0.3) is 5.91 Å². The summed E-state index contributed by atoms with van der Waals surface area (Å²) < 4.78 is 6.06. The van der Waals surface area contributed by atoms with Gasteiger partial charge in [-0.3, -0.25) is 4.79 Å². The number of hydrogen-bond donors (Lipinski definition) is 1. The largest absolute Gasteiger partial charge is 0.492 e. The van der Waals surface area contributed by atoms with Crippen molar-refractivity contribution in [3.8, 4) is 5.75 Å². The number of rotatable bonds is 6. The van der Waals surface area contributed by atoms with Crippen LogP contribution in [0.5, 0.6) is 5.75 Å². The summed E-state index contributed by atoms with van der Waals surface area (Å²) in [6, 6.07) is 15.1. The van der Waals surface area contributed by atoms with Crippen LogP contribution in [0, 0.1) is 0 Å². The first kappa shape index (κ1) is 17.5. The predicted molar refractivity (Wildman–Crippen MR) is 103 cm³/mol. The third kappa shape index (κ3) is 4.85. The minimum absolute atomic E-state index is 0.0759. The molecule has 1 heterocycles. The molecule has 6 heteroatoms. The lowest BCUT2D eigenvalue weighted by molar-refractivity contribution is 0.0947. The van der Waals surface area contributed by atoms with Crippen molar-refractivity contribution in [3.63, 3.8) is 0 Å². The Hall–Kier alpha value is -1.30. The first-order chi connectivity index (χ1) is 11.7. The van der Waals surface area contributed by atoms with E-state index in [1.165, 1.54) is 17.1 Å². The lowest BCUT2D eigenvalue weighted by Crippen LogP contribution is -2.28. The molecule has 0 spiro atoms. The van der Waals surface area contributed by atoms with Crippen LogP contribution in [0.3, 0.4) is 0 Å². The Bertz CT molecular complexity index is 670. The van der Waals surface area contributed by atoms with Gasteiger partial charge in [0, 0.05) is 22.1 Å². The fourth-order valence-corrected chi connectivity index (χ4v) is 5.29. The number of amides is 1. The van der Waals surface area contributed by atoms with Gasteiger partial charge in [-0.25, -0.2) is 0 Å². The molecule has 1 aliphatic rings. The number of ether oxygens (including phenoxy) is 1. The van der Waals surface area contributed by atoms with Crippen LogP contribution in [0.25, 0.3) is 0 Å². The number of benzene rings is 2. The number of thioether (sulfide) groups is 2. The van der Waals surface area contributed by atoms with E-state index in [0.717, 1.165) is 5.75 Å². The van der Waals surface area contributed by atoms with Crippen molar-refractivity contribution in [1.82, 2.24) is 5.32 Å². The van der Waals surface area contributed by atoms with Gasteiger partial charge in [0.15, 0.2) is 0 Å². The van der Waals surface area contributed by atoms with E-state index in [9.17, 15) is 4.79 Å². The second kappa shape index (κ2) is 8.70. The summed E-state index contributed by atoms with van der Waals surface area (Å²) in [7, 11) is 0. The molecule has 3 nitrogen and oxygen atoms in total. The summed E-state index contributed by atoms with van der Waals surface area (Å²) in [5, 5.41) is 3.54. The highest BCUT2D eigenvalue weighted by Crippen LogP contribution is 2.45. The summed E-state index contributed by atoms with van der Waals surface area (Å²) in [5.74, 6) is 3.06. The van der Waals surface area contributed by atoms with Crippen LogP contribution in [0.15, 0.2) is 48.5 Å². The van der Waals surface area contributed by atoms with Gasteiger partial charge in [-0.05, 0) is 42.0 Å². The molecule has 0 aromatic heterocycles. The predicted octanol–water partition coefficient (Wildman–Crippen LogP) is 4.63. The van der Waals surface area contributed by atoms with Gasteiger partial charge < -0.3 is 10.1 Å². The van der Waals surface area contributed by atoms with Crippen LogP contribution in [-0.4, -0.2) is 30.6 Å². The van der Waals surface area contributed by atoms with E-state index in [2.05, 4.69) is 17.4 Å². The van der Waals surface area contributed by atoms with Gasteiger partial charge in [-0.2, -0.15) is 0 Å². The Morgan fingerprint density at radius 2 is 1.75 bits per heavy atom. The third-order valence-electron chi connectivity index (χ3n) is 3.54. The molecular weight excluding hydrogens is 362 g/mol. The molecule has 0 unspecified atom stereocenters. The van der Waals surface area contributed by atoms with Gasteiger partial charge >= 0.3 is 0 Å². The average molecular weight is 380 g/mol. The highest BCUT2D eigenvalue weighted by atomic mass is 35.5. The highest BCUT2D eigenvalue weighted by molar-refractivity contribution is 8.19. The normalized spacial score (nSPS) is 14.5. The highest BCUT2D eigenvalue weighted by Gasteiger charge is 2.18. The molecule has 0 saturated carbocycles. The first-order valence-corrected chi connectivity index (χ1v) is 10.2. The van der Waals surface area contributed by atoms with Crippen LogP contribution < -0.4 is 10.1 Å². The Labute approximate surface area is 155 Å². The number of hydrogen-bond acceptors (Lipinski definition) is 4. The van der Waals surface area contributed by atoms with Crippen LogP contribution >= 0.6 is 35.1 Å². The second-order valence-corrected chi connectivity index (χ2v) is 8.41. The second-order valence-electron chi connectivity index (χ2n) is 5.25. The molecule has 1 amide bonds. The van der Waals surface area contributed by atoms with Crippen molar-refractivity contribution in [2.45, 2.75) is 4.58 Å². The topological polar surface area (TPSA) is 38.3 Å². The number of carbonyl (C=O) groups is 1. The van der Waals surface area contributed by atoms with Gasteiger partial charge in [0.2, 0.25) is 0 Å². The molecule has 1 N–H and O–H groups in total. The van der Waals surface area contributed by atoms with Crippen molar-refractivity contribution < 1.29 is 9.53 Å². The lowest BCUT2D eigenvalue weighted by Gasteiger charge is -2.10. The molecule has 0 bridgehead atoms. The van der Waals surface area contributed by atoms with Crippen molar-refractivity contribution in [1.29, 1.82) is 0 Å². The molecule has 1 aliphatic heterocycles. The molecule has 2 aromatic carbocycles. The molecule has 0 atom stereocenters. The van der Waals surface area contributed by atoms with Gasteiger partial charge in [-0.1, -0.05) is 23.7 Å². The van der Waals surface area contributed by atoms with E-state index in [1.807, 2.05) is 47.8 Å². The molecule has 0 aliphatic carbocycles. The summed E-state index contributed by atoms with van der Waals surface area (Å²) >= 11 is 9.75. The number of halogens is 1. The average Bonchev–Trinajstić information content (AvgIpc) is 3.15. The molecule has 126 valence electrons. The summed E-state index contributed by atoms with van der Waals surface area (Å²) in [5.41, 5.74) is 1.96. The van der Waals surface area contributed by atoms with E-state index in [4.69, 9.17) is 16.3 Å². The van der Waals surface area contributed by atoms with Crippen LogP contribution in [-0.2, 0) is 0 Å². The first-order valence-electron chi connectivity index (χ1n) is 7.72. The molecule has 1 saturated heterocycles. The molecule has 2 aromatic rings. The van der Waals surface area contributed by atoms with E-state index < -0.39 is 0 Å². The zero-order chi connectivity index (χ0) is 16.8. The SMILES string of the molecule is O=C(NCCOc1ccc(Cl)cc1)c1ccc(C2SCCS2)cc1. The fraction of sp³-hybridized carbons (Fsp3) is 0.278. The lowest BCUT2D eigenvalue weighted by atomic mass is 10.1. The monoisotopic (exact) mass is 379 g/mol. The van der Waals surface area contributed by atoms with Crippen LogP contribution in [0.4, 0.5) is 0 Å². The van der Waals surface area contributed by atoms with Crippen LogP contribution in [0.2, 0.25) is 5.02 Å². The van der Waals surface area contributed by atoms with E-state index >= 15 is 0 Å². The maximum atomic E-state index is 12.1. The standard InChI is InChI=1S/C18H18ClNO2S2/c19-15-5-7-16(8-6-15)22-10-9-20-17(21)13-1-3-14(4-2-13)18-23-11-12-24-18/h1-8,18H,9-12H2,(H,20,21). The third-order valence-corrected chi connectivity index (χ3v) is 6.89. The van der Waals surface area contributed by atoms with E-state index in [0.29, 0.717) is 28.3 Å². The molecule has 1 fully saturated rings.